The van der Waals surface area contributed by atoms with Gasteiger partial charge in [-0.25, -0.2) is 0 Å². The van der Waals surface area contributed by atoms with E-state index in [2.05, 4.69) is 241 Å². The lowest BCUT2D eigenvalue weighted by Gasteiger charge is -2.28. The van der Waals surface area contributed by atoms with Gasteiger partial charge in [-0.2, -0.15) is 0 Å². The molecule has 0 radical (unpaired) electrons. The van der Waals surface area contributed by atoms with E-state index in [9.17, 15) is 0 Å². The number of pyridine rings is 2. The minimum Gasteiger partial charge on any atom is -0.487 e. The lowest BCUT2D eigenvalue weighted by molar-refractivity contribution is 0.287. The van der Waals surface area contributed by atoms with Crippen molar-refractivity contribution < 1.29 is 18.9 Å². The Morgan fingerprint density at radius 1 is 0.286 bits per heavy atom. The molecule has 0 saturated heterocycles. The van der Waals surface area contributed by atoms with Gasteiger partial charge in [-0.15, -0.1) is 0 Å². The van der Waals surface area contributed by atoms with Crippen LogP contribution in [0.25, 0.3) is 21.8 Å². The van der Waals surface area contributed by atoms with E-state index in [1.807, 2.05) is 24.5 Å². The van der Waals surface area contributed by atoms with E-state index < -0.39 is 0 Å². The van der Waals surface area contributed by atoms with Crippen LogP contribution in [0.4, 0.5) is 0 Å². The summed E-state index contributed by atoms with van der Waals surface area (Å²) in [5, 5.41) is 2.14. The summed E-state index contributed by atoms with van der Waals surface area (Å²) in [6.45, 7) is 28.9. The minimum atomic E-state index is -0.236. The van der Waals surface area contributed by atoms with Crippen molar-refractivity contribution in [2.45, 2.75) is 170 Å². The molecule has 1 aliphatic rings. The summed E-state index contributed by atoms with van der Waals surface area (Å²) in [7, 11) is 0. The summed E-state index contributed by atoms with van der Waals surface area (Å²) < 4.78 is 29.4. The van der Waals surface area contributed by atoms with Crippen molar-refractivity contribution in [3.8, 4) is 23.0 Å². The molecule has 428 valence electrons. The molecule has 0 aliphatic carbocycles. The van der Waals surface area contributed by atoms with Crippen molar-refractivity contribution >= 4 is 68.9 Å². The first-order chi connectivity index (χ1) is 40.1. The standard InChI is InChI=1S/C74H74N2O4S4/c1-71(2,3)53-33-59-67(77-43-47-23-15-13-16-24-47)60(34-53)82-64-38-56(74(10,11)12)40-66(70(64)80-46-50-32-52-28-20-22-30-58(52)76-42-50)84-62-36-54(72(4,5)6)35-61(68(62)78-44-48-25-17-14-18-26-48)83-65-39-55(73(7,8)9)37-63(81-59)69(65)79-45-49-31-51-27-19-21-29-57(51)75-41-49/h13-42H,43-46H2,1-12H3. The topological polar surface area (TPSA) is 62.7 Å². The summed E-state index contributed by atoms with van der Waals surface area (Å²) in [4.78, 5) is 17.7. The fourth-order valence-corrected chi connectivity index (χ4v) is 14.6. The molecule has 0 fully saturated rings. The van der Waals surface area contributed by atoms with Gasteiger partial charge in [0.25, 0.3) is 0 Å². The lowest BCUT2D eigenvalue weighted by atomic mass is 9.87. The van der Waals surface area contributed by atoms with Gasteiger partial charge >= 0.3 is 0 Å². The van der Waals surface area contributed by atoms with E-state index in [0.717, 1.165) is 106 Å². The highest BCUT2D eigenvalue weighted by Gasteiger charge is 2.31. The second kappa shape index (κ2) is 24.3. The monoisotopic (exact) mass is 1180 g/mol. The molecule has 2 aromatic heterocycles. The SMILES string of the molecule is CC(C)(C)c1cc2c(OCc3ccccc3)c(c1)Sc1cc(C(C)(C)C)cc(c1OCc1cnc3ccccc3c1)Sc1cc(C(C)(C)C)cc(c1OCc1ccccc1)Sc1cc(C(C)(C)C)cc(c1OCc1cnc3ccccc3c1)S2. The molecule has 0 atom stereocenters. The van der Waals surface area contributed by atoms with Gasteiger partial charge in [0.1, 0.15) is 49.4 Å². The van der Waals surface area contributed by atoms with Crippen LogP contribution >= 0.6 is 47.0 Å². The summed E-state index contributed by atoms with van der Waals surface area (Å²) in [5.41, 5.74) is 9.81. The Hall–Kier alpha value is -6.82. The van der Waals surface area contributed by atoms with Crippen molar-refractivity contribution in [3.05, 3.63) is 227 Å². The van der Waals surface area contributed by atoms with Crippen molar-refractivity contribution in [2.24, 2.45) is 0 Å². The normalized spacial score (nSPS) is 13.0. The van der Waals surface area contributed by atoms with E-state index in [-0.39, 0.29) is 21.7 Å². The molecule has 8 aromatic carbocycles. The zero-order valence-electron chi connectivity index (χ0n) is 50.3. The molecule has 0 amide bonds. The maximum atomic E-state index is 7.38. The Balaban J connectivity index is 1.20. The average molecular weight is 1180 g/mol. The van der Waals surface area contributed by atoms with Crippen LogP contribution in [-0.4, -0.2) is 9.97 Å². The van der Waals surface area contributed by atoms with Gasteiger partial charge in [0.15, 0.2) is 0 Å². The number of hydrogen-bond acceptors (Lipinski definition) is 10. The predicted octanol–water partition coefficient (Wildman–Crippen LogP) is 21.2. The number of aromatic nitrogens is 2. The van der Waals surface area contributed by atoms with Crippen LogP contribution in [0.3, 0.4) is 0 Å². The maximum absolute atomic E-state index is 7.38. The fraction of sp³-hybridized carbons (Fsp3) is 0.270. The molecule has 6 nitrogen and oxygen atoms in total. The van der Waals surface area contributed by atoms with E-state index in [4.69, 9.17) is 28.9 Å². The molecule has 0 saturated carbocycles. The maximum Gasteiger partial charge on any atom is 0.147 e. The number of fused-ring (bicyclic) bond motifs is 10. The first-order valence-corrected chi connectivity index (χ1v) is 32.1. The third-order valence-corrected chi connectivity index (χ3v) is 19.1. The summed E-state index contributed by atoms with van der Waals surface area (Å²) >= 11 is 6.85. The number of hydrogen-bond donors (Lipinski definition) is 0. The van der Waals surface area contributed by atoms with E-state index in [0.29, 0.717) is 26.4 Å². The van der Waals surface area contributed by atoms with Crippen LogP contribution in [0.1, 0.15) is 128 Å². The van der Waals surface area contributed by atoms with Gasteiger partial charge in [0.05, 0.1) is 50.2 Å². The molecule has 11 rings (SSSR count). The van der Waals surface area contributed by atoms with Crippen molar-refractivity contribution in [1.29, 1.82) is 0 Å². The molecule has 10 heteroatoms. The largest absolute Gasteiger partial charge is 0.487 e. The van der Waals surface area contributed by atoms with E-state index in [1.165, 1.54) is 22.3 Å². The van der Waals surface area contributed by atoms with Crippen LogP contribution in [0, 0.1) is 0 Å². The molecular formula is C74H74N2O4S4. The third kappa shape index (κ3) is 13.8. The summed E-state index contributed by atoms with van der Waals surface area (Å²) in [6.07, 6.45) is 3.89. The Kier molecular flexibility index (Phi) is 17.0. The fourth-order valence-electron chi connectivity index (χ4n) is 9.85. The molecule has 84 heavy (non-hydrogen) atoms. The zero-order chi connectivity index (χ0) is 59.0. The summed E-state index contributed by atoms with van der Waals surface area (Å²) in [5.74, 6) is 3.16. The van der Waals surface area contributed by atoms with Gasteiger partial charge in [-0.1, -0.05) is 227 Å². The van der Waals surface area contributed by atoms with Gasteiger partial charge in [-0.3, -0.25) is 9.97 Å². The smallest absolute Gasteiger partial charge is 0.147 e. The average Bonchev–Trinajstić information content (AvgIpc) is 3.65. The van der Waals surface area contributed by atoms with Crippen LogP contribution < -0.4 is 18.9 Å². The molecule has 0 unspecified atom stereocenters. The third-order valence-electron chi connectivity index (χ3n) is 14.9. The highest BCUT2D eigenvalue weighted by atomic mass is 32.2. The first kappa shape index (κ1) is 58.9. The highest BCUT2D eigenvalue weighted by Crippen LogP contribution is 2.57. The van der Waals surface area contributed by atoms with Crippen molar-refractivity contribution in [2.75, 3.05) is 0 Å². The lowest BCUT2D eigenvalue weighted by Crippen LogP contribution is -2.14. The second-order valence-corrected chi connectivity index (χ2v) is 30.1. The summed E-state index contributed by atoms with van der Waals surface area (Å²) in [6, 6.07) is 60.6. The molecule has 8 bridgehead atoms. The number of benzene rings is 8. The van der Waals surface area contributed by atoms with Crippen molar-refractivity contribution in [1.82, 2.24) is 9.97 Å². The van der Waals surface area contributed by atoms with Crippen LogP contribution in [0.2, 0.25) is 0 Å². The highest BCUT2D eigenvalue weighted by molar-refractivity contribution is 8.01. The number of rotatable bonds is 12. The van der Waals surface area contributed by atoms with Crippen LogP contribution in [0.15, 0.2) is 221 Å². The number of para-hydroxylation sites is 2. The quantitative estimate of drug-likeness (QED) is 0.118. The Morgan fingerprint density at radius 2 is 0.524 bits per heavy atom. The number of ether oxygens (including phenoxy) is 4. The Labute approximate surface area is 514 Å². The van der Waals surface area contributed by atoms with Crippen LogP contribution in [-0.2, 0) is 48.1 Å². The van der Waals surface area contributed by atoms with Crippen molar-refractivity contribution in [3.63, 3.8) is 0 Å². The molecule has 10 aromatic rings. The predicted molar refractivity (Wildman–Crippen MR) is 351 cm³/mol. The van der Waals surface area contributed by atoms with Gasteiger partial charge < -0.3 is 18.9 Å². The molecule has 1 aliphatic heterocycles. The Morgan fingerprint density at radius 3 is 0.786 bits per heavy atom. The van der Waals surface area contributed by atoms with Gasteiger partial charge in [0, 0.05) is 34.3 Å². The van der Waals surface area contributed by atoms with Gasteiger partial charge in [0.2, 0.25) is 0 Å². The first-order valence-electron chi connectivity index (χ1n) is 28.8. The molecule has 3 heterocycles. The molecule has 0 spiro atoms. The number of nitrogens with zero attached hydrogens (tertiary/aromatic N) is 2. The molecule has 0 N–H and O–H groups in total. The minimum absolute atomic E-state index is 0.235. The van der Waals surface area contributed by atoms with Crippen LogP contribution in [0.5, 0.6) is 23.0 Å². The molecular weight excluding hydrogens is 1110 g/mol. The van der Waals surface area contributed by atoms with Gasteiger partial charge in [-0.05, 0) is 128 Å². The zero-order valence-corrected chi connectivity index (χ0v) is 53.6. The Bertz CT molecular complexity index is 3670. The van der Waals surface area contributed by atoms with E-state index in [1.54, 1.807) is 47.0 Å². The second-order valence-electron chi connectivity index (χ2n) is 25.8. The van der Waals surface area contributed by atoms with E-state index >= 15 is 0 Å².